The SMILES string of the molecule is Cc1ccc(N)cc1-n1cc(C(N)=O)c(=O)c2ccccc21. The Labute approximate surface area is 126 Å². The van der Waals surface area contributed by atoms with Gasteiger partial charge in [-0.1, -0.05) is 18.2 Å². The third kappa shape index (κ3) is 2.13. The quantitative estimate of drug-likeness (QED) is 0.708. The fourth-order valence-electron chi connectivity index (χ4n) is 2.54. The number of amides is 1. The van der Waals surface area contributed by atoms with Crippen molar-refractivity contribution in [2.75, 3.05) is 5.73 Å². The Morgan fingerprint density at radius 2 is 1.86 bits per heavy atom. The molecule has 4 N–H and O–H groups in total. The van der Waals surface area contributed by atoms with Gasteiger partial charge in [-0.3, -0.25) is 9.59 Å². The number of nitrogens with two attached hydrogens (primary N) is 2. The van der Waals surface area contributed by atoms with Gasteiger partial charge in [0.25, 0.3) is 5.91 Å². The van der Waals surface area contributed by atoms with E-state index < -0.39 is 5.91 Å². The number of pyridine rings is 1. The Morgan fingerprint density at radius 3 is 2.59 bits per heavy atom. The summed E-state index contributed by atoms with van der Waals surface area (Å²) in [6, 6.07) is 12.6. The molecule has 0 aliphatic carbocycles. The number of para-hydroxylation sites is 1. The van der Waals surface area contributed by atoms with Crippen molar-refractivity contribution in [3.05, 3.63) is 70.0 Å². The first-order valence-electron chi connectivity index (χ1n) is 6.80. The first kappa shape index (κ1) is 13.9. The van der Waals surface area contributed by atoms with Crippen LogP contribution in [-0.4, -0.2) is 10.5 Å². The number of carbonyl (C=O) groups excluding carboxylic acids is 1. The molecule has 2 aromatic carbocycles. The first-order chi connectivity index (χ1) is 10.5. The number of nitrogen functional groups attached to an aromatic ring is 1. The van der Waals surface area contributed by atoms with Gasteiger partial charge in [0, 0.05) is 17.3 Å². The maximum absolute atomic E-state index is 12.4. The van der Waals surface area contributed by atoms with Gasteiger partial charge in [0.05, 0.1) is 11.2 Å². The van der Waals surface area contributed by atoms with E-state index in [0.717, 1.165) is 11.3 Å². The molecule has 3 aromatic rings. The van der Waals surface area contributed by atoms with Crippen molar-refractivity contribution < 1.29 is 4.79 Å². The minimum absolute atomic E-state index is 0.0412. The summed E-state index contributed by atoms with van der Waals surface area (Å²) in [4.78, 5) is 24.0. The highest BCUT2D eigenvalue weighted by Crippen LogP contribution is 2.22. The number of benzene rings is 2. The van der Waals surface area contributed by atoms with Crippen LogP contribution in [0.2, 0.25) is 0 Å². The van der Waals surface area contributed by atoms with Gasteiger partial charge in [-0.25, -0.2) is 0 Å². The highest BCUT2D eigenvalue weighted by Gasteiger charge is 2.14. The van der Waals surface area contributed by atoms with Crippen LogP contribution in [0, 0.1) is 6.92 Å². The molecule has 0 atom stereocenters. The molecule has 22 heavy (non-hydrogen) atoms. The van der Waals surface area contributed by atoms with E-state index in [9.17, 15) is 9.59 Å². The zero-order chi connectivity index (χ0) is 15.9. The monoisotopic (exact) mass is 293 g/mol. The zero-order valence-corrected chi connectivity index (χ0v) is 12.0. The molecule has 0 spiro atoms. The molecule has 5 heteroatoms. The lowest BCUT2D eigenvalue weighted by Gasteiger charge is -2.15. The summed E-state index contributed by atoms with van der Waals surface area (Å²) in [5.74, 6) is -0.744. The molecule has 5 nitrogen and oxygen atoms in total. The number of nitrogens with zero attached hydrogens (tertiary/aromatic N) is 1. The van der Waals surface area contributed by atoms with Crippen LogP contribution in [0.5, 0.6) is 0 Å². The van der Waals surface area contributed by atoms with E-state index in [0.29, 0.717) is 16.6 Å². The summed E-state index contributed by atoms with van der Waals surface area (Å²) in [6.07, 6.45) is 1.48. The van der Waals surface area contributed by atoms with E-state index in [1.54, 1.807) is 28.8 Å². The number of fused-ring (bicyclic) bond motifs is 1. The fourth-order valence-corrected chi connectivity index (χ4v) is 2.54. The Bertz CT molecular complexity index is 958. The Kier molecular flexibility index (Phi) is 3.18. The number of hydrogen-bond donors (Lipinski definition) is 2. The van der Waals surface area contributed by atoms with Crippen molar-refractivity contribution in [2.45, 2.75) is 6.92 Å². The van der Waals surface area contributed by atoms with Crippen LogP contribution in [0.25, 0.3) is 16.6 Å². The van der Waals surface area contributed by atoms with Gasteiger partial charge in [-0.05, 0) is 36.8 Å². The molecule has 0 fully saturated rings. The van der Waals surface area contributed by atoms with Crippen molar-refractivity contribution in [1.29, 1.82) is 0 Å². The molecule has 0 aliphatic rings. The molecule has 0 bridgehead atoms. The van der Waals surface area contributed by atoms with Crippen molar-refractivity contribution >= 4 is 22.5 Å². The van der Waals surface area contributed by atoms with E-state index in [-0.39, 0.29) is 11.0 Å². The second kappa shape index (κ2) is 5.04. The molecule has 0 saturated heterocycles. The van der Waals surface area contributed by atoms with Crippen molar-refractivity contribution in [2.24, 2.45) is 5.73 Å². The molecular weight excluding hydrogens is 278 g/mol. The number of aryl methyl sites for hydroxylation is 1. The van der Waals surface area contributed by atoms with Gasteiger partial charge in [-0.15, -0.1) is 0 Å². The Balaban J connectivity index is 2.48. The lowest BCUT2D eigenvalue weighted by molar-refractivity contribution is 0.0999. The summed E-state index contributed by atoms with van der Waals surface area (Å²) in [5, 5.41) is 0.445. The normalized spacial score (nSPS) is 10.8. The summed E-state index contributed by atoms with van der Waals surface area (Å²) in [5.41, 5.74) is 13.9. The van der Waals surface area contributed by atoms with Gasteiger partial charge < -0.3 is 16.0 Å². The van der Waals surface area contributed by atoms with Gasteiger partial charge in [0.2, 0.25) is 5.43 Å². The Morgan fingerprint density at radius 1 is 1.14 bits per heavy atom. The molecule has 1 amide bonds. The van der Waals surface area contributed by atoms with E-state index in [4.69, 9.17) is 11.5 Å². The van der Waals surface area contributed by atoms with Crippen LogP contribution in [0.3, 0.4) is 0 Å². The summed E-state index contributed by atoms with van der Waals surface area (Å²) < 4.78 is 1.78. The number of aromatic nitrogens is 1. The standard InChI is InChI=1S/C17H15N3O2/c1-10-6-7-11(18)8-15(10)20-9-13(17(19)22)16(21)12-4-2-3-5-14(12)20/h2-9H,18H2,1H3,(H2,19,22). The predicted molar refractivity (Wildman–Crippen MR) is 87.2 cm³/mol. The van der Waals surface area contributed by atoms with Crippen LogP contribution in [0.15, 0.2) is 53.5 Å². The van der Waals surface area contributed by atoms with Crippen LogP contribution in [0.4, 0.5) is 5.69 Å². The number of rotatable bonds is 2. The molecule has 0 unspecified atom stereocenters. The van der Waals surface area contributed by atoms with Gasteiger partial charge in [-0.2, -0.15) is 0 Å². The topological polar surface area (TPSA) is 91.1 Å². The number of carbonyl (C=O) groups is 1. The average molecular weight is 293 g/mol. The Hall–Kier alpha value is -3.08. The predicted octanol–water partition coefficient (Wildman–Crippen LogP) is 1.98. The van der Waals surface area contributed by atoms with Crippen LogP contribution in [-0.2, 0) is 0 Å². The molecule has 3 rings (SSSR count). The lowest BCUT2D eigenvalue weighted by atomic mass is 10.1. The third-order valence-electron chi connectivity index (χ3n) is 3.67. The van der Waals surface area contributed by atoms with Crippen molar-refractivity contribution in [3.8, 4) is 5.69 Å². The van der Waals surface area contributed by atoms with Gasteiger partial charge in [0.1, 0.15) is 5.56 Å². The molecule has 110 valence electrons. The maximum Gasteiger partial charge on any atom is 0.254 e. The zero-order valence-electron chi connectivity index (χ0n) is 12.0. The highest BCUT2D eigenvalue weighted by molar-refractivity contribution is 5.96. The molecular formula is C17H15N3O2. The van der Waals surface area contributed by atoms with Gasteiger partial charge >= 0.3 is 0 Å². The van der Waals surface area contributed by atoms with E-state index >= 15 is 0 Å². The van der Waals surface area contributed by atoms with E-state index in [1.165, 1.54) is 6.20 Å². The van der Waals surface area contributed by atoms with Crippen LogP contribution in [0.1, 0.15) is 15.9 Å². The van der Waals surface area contributed by atoms with Crippen molar-refractivity contribution in [3.63, 3.8) is 0 Å². The van der Waals surface area contributed by atoms with Crippen LogP contribution >= 0.6 is 0 Å². The summed E-state index contributed by atoms with van der Waals surface area (Å²) >= 11 is 0. The van der Waals surface area contributed by atoms with E-state index in [2.05, 4.69) is 0 Å². The second-order valence-electron chi connectivity index (χ2n) is 5.17. The third-order valence-corrected chi connectivity index (χ3v) is 3.67. The van der Waals surface area contributed by atoms with Crippen LogP contribution < -0.4 is 16.9 Å². The minimum Gasteiger partial charge on any atom is -0.399 e. The second-order valence-corrected chi connectivity index (χ2v) is 5.17. The largest absolute Gasteiger partial charge is 0.399 e. The fraction of sp³-hybridized carbons (Fsp3) is 0.0588. The summed E-state index contributed by atoms with van der Waals surface area (Å²) in [7, 11) is 0. The molecule has 1 aromatic heterocycles. The summed E-state index contributed by atoms with van der Waals surface area (Å²) in [6.45, 7) is 1.94. The molecule has 0 radical (unpaired) electrons. The maximum atomic E-state index is 12.4. The first-order valence-corrected chi connectivity index (χ1v) is 6.80. The lowest BCUT2D eigenvalue weighted by Crippen LogP contribution is -2.24. The number of primary amides is 1. The highest BCUT2D eigenvalue weighted by atomic mass is 16.2. The molecule has 0 saturated carbocycles. The molecule has 0 aliphatic heterocycles. The number of anilines is 1. The van der Waals surface area contributed by atoms with E-state index in [1.807, 2.05) is 25.1 Å². The minimum atomic E-state index is -0.744. The van der Waals surface area contributed by atoms with Gasteiger partial charge in [0.15, 0.2) is 0 Å². The average Bonchev–Trinajstić information content (AvgIpc) is 2.50. The molecule has 1 heterocycles. The van der Waals surface area contributed by atoms with Crippen molar-refractivity contribution in [1.82, 2.24) is 4.57 Å². The smallest absolute Gasteiger partial charge is 0.254 e. The number of hydrogen-bond acceptors (Lipinski definition) is 3.